The van der Waals surface area contributed by atoms with Gasteiger partial charge in [0, 0.05) is 43.1 Å². The third-order valence-electron chi connectivity index (χ3n) is 4.23. The van der Waals surface area contributed by atoms with Crippen molar-refractivity contribution in [1.82, 2.24) is 9.80 Å². The lowest BCUT2D eigenvalue weighted by atomic mass is 10.0. The van der Waals surface area contributed by atoms with Crippen LogP contribution in [0.5, 0.6) is 0 Å². The van der Waals surface area contributed by atoms with Crippen LogP contribution in [-0.4, -0.2) is 48.1 Å². The topological polar surface area (TPSA) is 32.5 Å². The molecule has 1 aliphatic heterocycles. The van der Waals surface area contributed by atoms with Crippen molar-refractivity contribution in [1.29, 1.82) is 0 Å². The van der Waals surface area contributed by atoms with Gasteiger partial charge in [0.05, 0.1) is 9.83 Å². The molecular weight excluding hydrogens is 334 g/mol. The number of nitrogens with zero attached hydrogens (tertiary/aromatic N) is 2. The fraction of sp³-hybridized carbons (Fsp3) is 0.733. The Kier molecular flexibility index (Phi) is 6.05. The van der Waals surface area contributed by atoms with Crippen LogP contribution in [0.2, 0.25) is 0 Å². The number of piperazine rings is 1. The molecule has 0 aromatic carbocycles. The molecule has 114 valence electrons. The summed E-state index contributed by atoms with van der Waals surface area (Å²) in [6, 6.07) is 5.59. The molecule has 5 heteroatoms. The van der Waals surface area contributed by atoms with Gasteiger partial charge in [0.2, 0.25) is 0 Å². The maximum Gasteiger partial charge on any atom is 0.0702 e. The fourth-order valence-electron chi connectivity index (χ4n) is 2.90. The van der Waals surface area contributed by atoms with E-state index in [0.29, 0.717) is 12.1 Å². The van der Waals surface area contributed by atoms with Crippen LogP contribution in [0, 0.1) is 0 Å². The molecule has 1 fully saturated rings. The Morgan fingerprint density at radius 2 is 1.80 bits per heavy atom. The van der Waals surface area contributed by atoms with Crippen molar-refractivity contribution in [2.75, 3.05) is 26.2 Å². The summed E-state index contributed by atoms with van der Waals surface area (Å²) in [5.41, 5.74) is 6.42. The number of nitrogens with two attached hydrogens (primary N) is 1. The minimum atomic E-state index is 0.214. The van der Waals surface area contributed by atoms with Crippen molar-refractivity contribution in [2.45, 2.75) is 45.3 Å². The molecular formula is C15H26BrN3S. The molecule has 0 spiro atoms. The minimum absolute atomic E-state index is 0.214. The van der Waals surface area contributed by atoms with Crippen LogP contribution in [-0.2, 0) is 0 Å². The van der Waals surface area contributed by atoms with Crippen molar-refractivity contribution in [3.63, 3.8) is 0 Å². The Morgan fingerprint density at radius 1 is 1.20 bits per heavy atom. The van der Waals surface area contributed by atoms with E-state index in [0.717, 1.165) is 32.6 Å². The molecule has 3 nitrogen and oxygen atoms in total. The van der Waals surface area contributed by atoms with Gasteiger partial charge in [0.15, 0.2) is 0 Å². The van der Waals surface area contributed by atoms with Crippen LogP contribution >= 0.6 is 27.3 Å². The van der Waals surface area contributed by atoms with E-state index in [4.69, 9.17) is 5.73 Å². The van der Waals surface area contributed by atoms with Crippen LogP contribution < -0.4 is 5.73 Å². The van der Waals surface area contributed by atoms with E-state index in [1.807, 2.05) is 11.3 Å². The molecule has 1 aromatic heterocycles. The highest BCUT2D eigenvalue weighted by Crippen LogP contribution is 2.33. The molecule has 2 atom stereocenters. The molecule has 0 radical (unpaired) electrons. The summed E-state index contributed by atoms with van der Waals surface area (Å²) in [5, 5.41) is 0. The van der Waals surface area contributed by atoms with E-state index in [9.17, 15) is 0 Å². The summed E-state index contributed by atoms with van der Waals surface area (Å²) in [4.78, 5) is 6.52. The maximum atomic E-state index is 6.42. The van der Waals surface area contributed by atoms with Gasteiger partial charge in [-0.15, -0.1) is 11.3 Å². The average molecular weight is 360 g/mol. The Labute approximate surface area is 135 Å². The summed E-state index contributed by atoms with van der Waals surface area (Å²) in [5.74, 6) is 0. The fourth-order valence-corrected chi connectivity index (χ4v) is 4.54. The van der Waals surface area contributed by atoms with E-state index in [-0.39, 0.29) is 6.04 Å². The predicted molar refractivity (Wildman–Crippen MR) is 91.3 cm³/mol. The Balaban J connectivity index is 2.09. The Bertz CT molecular complexity index is 413. The molecule has 0 amide bonds. The third-order valence-corrected chi connectivity index (χ3v) is 5.93. The van der Waals surface area contributed by atoms with Crippen LogP contribution in [0.3, 0.4) is 0 Å². The zero-order chi connectivity index (χ0) is 14.7. The summed E-state index contributed by atoms with van der Waals surface area (Å²) >= 11 is 5.40. The lowest BCUT2D eigenvalue weighted by Gasteiger charge is -2.42. The van der Waals surface area contributed by atoms with Gasteiger partial charge < -0.3 is 5.73 Å². The first-order valence-corrected chi connectivity index (χ1v) is 9.12. The van der Waals surface area contributed by atoms with Gasteiger partial charge in [0.25, 0.3) is 0 Å². The van der Waals surface area contributed by atoms with E-state index in [1.54, 1.807) is 0 Å². The van der Waals surface area contributed by atoms with Crippen LogP contribution in [0.4, 0.5) is 0 Å². The quantitative estimate of drug-likeness (QED) is 0.874. The number of thiophene rings is 1. The first-order chi connectivity index (χ1) is 9.52. The van der Waals surface area contributed by atoms with Gasteiger partial charge in [-0.1, -0.05) is 6.92 Å². The first-order valence-electron chi connectivity index (χ1n) is 7.51. The van der Waals surface area contributed by atoms with Crippen molar-refractivity contribution in [2.24, 2.45) is 5.73 Å². The van der Waals surface area contributed by atoms with Crippen molar-refractivity contribution in [3.8, 4) is 0 Å². The third kappa shape index (κ3) is 3.83. The molecule has 0 bridgehead atoms. The molecule has 2 N–H and O–H groups in total. The van der Waals surface area contributed by atoms with Gasteiger partial charge in [-0.25, -0.2) is 0 Å². The summed E-state index contributed by atoms with van der Waals surface area (Å²) in [6.45, 7) is 11.3. The highest BCUT2D eigenvalue weighted by molar-refractivity contribution is 9.11. The van der Waals surface area contributed by atoms with Crippen LogP contribution in [0.1, 0.15) is 38.1 Å². The maximum absolute atomic E-state index is 6.42. The highest BCUT2D eigenvalue weighted by Gasteiger charge is 2.30. The SMILES string of the molecule is CCC(N)C(c1ccc(Br)s1)N1CCN(C(C)C)CC1. The summed E-state index contributed by atoms with van der Waals surface area (Å²) in [7, 11) is 0. The molecule has 2 unspecified atom stereocenters. The van der Waals surface area contributed by atoms with Gasteiger partial charge in [0.1, 0.15) is 0 Å². The molecule has 1 aliphatic rings. The largest absolute Gasteiger partial charge is 0.326 e. The van der Waals surface area contributed by atoms with Gasteiger partial charge >= 0.3 is 0 Å². The minimum Gasteiger partial charge on any atom is -0.326 e. The average Bonchev–Trinajstić information content (AvgIpc) is 2.85. The number of hydrogen-bond donors (Lipinski definition) is 1. The predicted octanol–water partition coefficient (Wildman–Crippen LogP) is 3.32. The number of hydrogen-bond acceptors (Lipinski definition) is 4. The monoisotopic (exact) mass is 359 g/mol. The van der Waals surface area contributed by atoms with Crippen LogP contribution in [0.25, 0.3) is 0 Å². The lowest BCUT2D eigenvalue weighted by molar-refractivity contribution is 0.0691. The van der Waals surface area contributed by atoms with Crippen LogP contribution in [0.15, 0.2) is 15.9 Å². The van der Waals surface area contributed by atoms with Crippen molar-refractivity contribution in [3.05, 3.63) is 20.8 Å². The van der Waals surface area contributed by atoms with Gasteiger partial charge in [-0.2, -0.15) is 0 Å². The summed E-state index contributed by atoms with van der Waals surface area (Å²) in [6.07, 6.45) is 1.02. The zero-order valence-corrected chi connectivity index (χ0v) is 15.1. The van der Waals surface area contributed by atoms with Crippen molar-refractivity contribution >= 4 is 27.3 Å². The molecule has 2 rings (SSSR count). The zero-order valence-electron chi connectivity index (χ0n) is 12.7. The van der Waals surface area contributed by atoms with E-state index < -0.39 is 0 Å². The van der Waals surface area contributed by atoms with Gasteiger partial charge in [-0.3, -0.25) is 9.80 Å². The van der Waals surface area contributed by atoms with E-state index in [1.165, 1.54) is 8.66 Å². The number of rotatable bonds is 5. The molecule has 0 saturated carbocycles. The lowest BCUT2D eigenvalue weighted by Crippen LogP contribution is -2.52. The molecule has 1 saturated heterocycles. The molecule has 2 heterocycles. The molecule has 1 aromatic rings. The smallest absolute Gasteiger partial charge is 0.0702 e. The van der Waals surface area contributed by atoms with Crippen molar-refractivity contribution < 1.29 is 0 Å². The van der Waals surface area contributed by atoms with E-state index in [2.05, 4.69) is 58.6 Å². The number of halogens is 1. The second kappa shape index (κ2) is 7.36. The standard InChI is InChI=1S/C15H26BrN3S/c1-4-12(17)15(13-5-6-14(16)20-13)19-9-7-18(8-10-19)11(2)3/h5-6,11-12,15H,4,7-10,17H2,1-3H3. The molecule has 0 aliphatic carbocycles. The highest BCUT2D eigenvalue weighted by atomic mass is 79.9. The second-order valence-corrected chi connectivity index (χ2v) is 8.32. The van der Waals surface area contributed by atoms with Gasteiger partial charge in [-0.05, 0) is 48.3 Å². The Hall–Kier alpha value is 0.0600. The Morgan fingerprint density at radius 3 is 2.25 bits per heavy atom. The normalized spacial score (nSPS) is 21.3. The van der Waals surface area contributed by atoms with E-state index >= 15 is 0 Å². The molecule has 20 heavy (non-hydrogen) atoms. The second-order valence-electron chi connectivity index (χ2n) is 5.82. The first kappa shape index (κ1) is 16.4. The summed E-state index contributed by atoms with van der Waals surface area (Å²) < 4.78 is 1.20.